The van der Waals surface area contributed by atoms with Crippen molar-refractivity contribution in [1.82, 2.24) is 0 Å². The van der Waals surface area contributed by atoms with Crippen molar-refractivity contribution in [2.75, 3.05) is 13.2 Å². The molecule has 2 aliphatic rings. The van der Waals surface area contributed by atoms with Gasteiger partial charge in [0.05, 0.1) is 24.8 Å². The summed E-state index contributed by atoms with van der Waals surface area (Å²) < 4.78 is 28.5. The molecule has 1 aromatic heterocycles. The number of phenols is 4. The molecule has 2 aromatic carbocycles. The minimum Gasteiger partial charge on any atom is -1.00 e. The molecule has 0 saturated carbocycles. The van der Waals surface area contributed by atoms with E-state index < -0.39 is 85.8 Å². The number of aliphatic hydroxyl groups excluding tert-OH is 6. The number of rotatable bonds is 6. The van der Waals surface area contributed by atoms with Crippen LogP contribution < -0.4 is 17.1 Å². The molecule has 9 atom stereocenters. The number of aliphatic hydroxyl groups is 6. The maximum atomic E-state index is 10.9. The number of benzene rings is 2. The van der Waals surface area contributed by atoms with Gasteiger partial charge in [-0.2, -0.15) is 0 Å². The Morgan fingerprint density at radius 2 is 1.55 bits per heavy atom. The Morgan fingerprint density at radius 1 is 0.810 bits per heavy atom. The summed E-state index contributed by atoms with van der Waals surface area (Å²) in [4.78, 5) is 0. The van der Waals surface area contributed by atoms with E-state index in [0.29, 0.717) is 0 Å². The molecule has 15 nitrogen and oxygen atoms in total. The summed E-state index contributed by atoms with van der Waals surface area (Å²) in [5.74, 6) is -1.98. The maximum absolute atomic E-state index is 10.9. The van der Waals surface area contributed by atoms with Gasteiger partial charge < -0.3 is 82.4 Å². The van der Waals surface area contributed by atoms with Crippen LogP contribution in [0.1, 0.15) is 0 Å². The Balaban J connectivity index is 0.00000405. The summed E-state index contributed by atoms with van der Waals surface area (Å²) in [6, 6.07) is 7.19. The van der Waals surface area contributed by atoms with Gasteiger partial charge in [-0.05, 0) is 12.1 Å². The predicted molar refractivity (Wildman–Crippen MR) is 134 cm³/mol. The van der Waals surface area contributed by atoms with Gasteiger partial charge in [-0.3, -0.25) is 0 Å². The van der Waals surface area contributed by atoms with Crippen molar-refractivity contribution < 1.29 is 86.8 Å². The van der Waals surface area contributed by atoms with Crippen molar-refractivity contribution in [3.63, 3.8) is 0 Å². The number of hydrogen-bond acceptors (Lipinski definition) is 14. The van der Waals surface area contributed by atoms with Crippen LogP contribution in [0.2, 0.25) is 0 Å². The topological polar surface area (TPSA) is 251 Å². The van der Waals surface area contributed by atoms with Crippen molar-refractivity contribution >= 4 is 11.0 Å². The molecule has 0 spiro atoms. The molecular weight excluding hydrogens is 588 g/mol. The minimum absolute atomic E-state index is 0. The fourth-order valence-corrected chi connectivity index (χ4v) is 4.61. The molecule has 3 heterocycles. The normalized spacial score (nSPS) is 31.4. The van der Waals surface area contributed by atoms with Gasteiger partial charge in [-0.1, -0.05) is 0 Å². The second-order valence-electron chi connectivity index (χ2n) is 9.70. The van der Waals surface area contributed by atoms with E-state index in [-0.39, 0.29) is 46.2 Å². The molecule has 5 rings (SSSR count). The van der Waals surface area contributed by atoms with E-state index in [2.05, 4.69) is 0 Å². The Labute approximate surface area is 243 Å². The standard InChI is InChI=1S/C26H28O15.ClH/c27-7-18-20(34)21(35)24(41-25-22(36)19(33)15(32)8-37-25)26(40-18)39-17-6-11-13(30)4-10(28)5-16(11)38-23(17)9-1-2-12(29)14(31)3-9;/h1-6,15,18-22,24-27,32-36H,7-8H2,(H3-,28,29,30,31);1H/t15-,18-,19+,20-,21+,22-,24-,25+,26+;/m1./s1. The Hall–Kier alpha value is -3.22. The molecule has 10 N–H and O–H groups in total. The first kappa shape index (κ1) is 31.7. The molecule has 3 aromatic rings. The van der Waals surface area contributed by atoms with Crippen molar-refractivity contribution in [1.29, 1.82) is 0 Å². The zero-order valence-corrected chi connectivity index (χ0v) is 22.2. The van der Waals surface area contributed by atoms with E-state index in [4.69, 9.17) is 23.4 Å². The average molecular weight is 617 g/mol. The van der Waals surface area contributed by atoms with Gasteiger partial charge in [0.15, 0.2) is 23.9 Å². The lowest BCUT2D eigenvalue weighted by atomic mass is 9.98. The fraction of sp³-hybridized carbons (Fsp3) is 0.423. The zero-order valence-electron chi connectivity index (χ0n) is 21.5. The van der Waals surface area contributed by atoms with E-state index in [1.54, 1.807) is 0 Å². The molecule has 2 saturated heterocycles. The first-order chi connectivity index (χ1) is 19.5. The molecule has 230 valence electrons. The van der Waals surface area contributed by atoms with Crippen LogP contribution in [0.25, 0.3) is 22.3 Å². The van der Waals surface area contributed by atoms with Gasteiger partial charge in [-0.15, -0.1) is 0 Å². The summed E-state index contributed by atoms with van der Waals surface area (Å²) in [5, 5.41) is 101. The first-order valence-electron chi connectivity index (χ1n) is 12.4. The third-order valence-corrected chi connectivity index (χ3v) is 6.87. The highest BCUT2D eigenvalue weighted by atomic mass is 35.5. The number of ether oxygens (including phenoxy) is 4. The Morgan fingerprint density at radius 3 is 2.24 bits per heavy atom. The van der Waals surface area contributed by atoms with E-state index in [9.17, 15) is 51.1 Å². The van der Waals surface area contributed by atoms with Gasteiger partial charge in [0.2, 0.25) is 12.0 Å². The molecule has 42 heavy (non-hydrogen) atoms. The largest absolute Gasteiger partial charge is 1.00 e. The lowest BCUT2D eigenvalue weighted by Gasteiger charge is -2.44. The average Bonchev–Trinajstić information content (AvgIpc) is 2.94. The summed E-state index contributed by atoms with van der Waals surface area (Å²) in [6.45, 7) is -1.18. The molecule has 16 heteroatoms. The molecule has 0 aliphatic carbocycles. The molecule has 0 bridgehead atoms. The first-order valence-corrected chi connectivity index (χ1v) is 12.4. The maximum Gasteiger partial charge on any atom is 0.402 e. The molecule has 0 radical (unpaired) electrons. The highest BCUT2D eigenvalue weighted by molar-refractivity contribution is 5.88. The smallest absolute Gasteiger partial charge is 0.402 e. The van der Waals surface area contributed by atoms with E-state index in [1.165, 1.54) is 24.3 Å². The molecule has 2 fully saturated rings. The number of phenolic OH excluding ortho intramolecular Hbond substituents is 4. The number of fused-ring (bicyclic) bond motifs is 1. The second kappa shape index (κ2) is 12.6. The molecule has 2 aliphatic heterocycles. The summed E-state index contributed by atoms with van der Waals surface area (Å²) in [6.07, 6.45) is -14.6. The van der Waals surface area contributed by atoms with E-state index in [0.717, 1.165) is 12.1 Å². The zero-order chi connectivity index (χ0) is 29.6. The van der Waals surface area contributed by atoms with Crippen LogP contribution in [-0.4, -0.2) is 120 Å². The molecule has 0 unspecified atom stereocenters. The summed E-state index contributed by atoms with van der Waals surface area (Å²) in [5.41, 5.74) is 0.139. The monoisotopic (exact) mass is 616 g/mol. The van der Waals surface area contributed by atoms with Crippen LogP contribution in [0.3, 0.4) is 0 Å². The predicted octanol–water partition coefficient (Wildman–Crippen LogP) is -4.15. The van der Waals surface area contributed by atoms with Crippen LogP contribution in [0.4, 0.5) is 0 Å². The third kappa shape index (κ3) is 5.97. The number of halogens is 1. The van der Waals surface area contributed by atoms with E-state index >= 15 is 0 Å². The van der Waals surface area contributed by atoms with Crippen LogP contribution in [-0.2, 0) is 14.2 Å². The van der Waals surface area contributed by atoms with Gasteiger partial charge in [0, 0.05) is 18.2 Å². The van der Waals surface area contributed by atoms with Crippen molar-refractivity contribution in [3.05, 3.63) is 36.4 Å². The van der Waals surface area contributed by atoms with Crippen LogP contribution in [0.5, 0.6) is 28.7 Å². The van der Waals surface area contributed by atoms with Gasteiger partial charge >= 0.3 is 11.3 Å². The molecular formula is C26H29ClO15. The Bertz CT molecular complexity index is 1410. The number of hydrogen-bond donors (Lipinski definition) is 10. The SMILES string of the molecule is OC[C@H]1O[C@H](Oc2cc3c(O)cc(O)cc3[o+]c2-c2ccc(O)c(O)c2)[C@H](O[C@@H]2OC[C@@H](O)[C@H](O)[C@H]2O)[C@@H](O)[C@@H]1O.[Cl-]. The quantitative estimate of drug-likeness (QED) is 0.0932. The third-order valence-electron chi connectivity index (χ3n) is 6.87. The van der Waals surface area contributed by atoms with Crippen LogP contribution in [0.15, 0.2) is 40.8 Å². The number of aromatic hydroxyl groups is 4. The van der Waals surface area contributed by atoms with Crippen molar-refractivity contribution in [3.8, 4) is 40.1 Å². The van der Waals surface area contributed by atoms with Gasteiger partial charge in [-0.25, -0.2) is 4.42 Å². The van der Waals surface area contributed by atoms with Crippen molar-refractivity contribution in [2.45, 2.75) is 55.3 Å². The lowest BCUT2D eigenvalue weighted by Crippen LogP contribution is -3.00. The van der Waals surface area contributed by atoms with E-state index in [1.807, 2.05) is 0 Å². The van der Waals surface area contributed by atoms with Crippen LogP contribution in [0, 0.1) is 0 Å². The Kier molecular flexibility index (Phi) is 9.49. The van der Waals surface area contributed by atoms with Gasteiger partial charge in [0.25, 0.3) is 0 Å². The fourth-order valence-electron chi connectivity index (χ4n) is 4.61. The highest BCUT2D eigenvalue weighted by Gasteiger charge is 2.50. The van der Waals surface area contributed by atoms with Crippen LogP contribution >= 0.6 is 0 Å². The van der Waals surface area contributed by atoms with Gasteiger partial charge in [0.1, 0.15) is 53.5 Å². The minimum atomic E-state index is -1.80. The lowest BCUT2D eigenvalue weighted by molar-refractivity contribution is -0.344. The van der Waals surface area contributed by atoms with Crippen molar-refractivity contribution in [2.24, 2.45) is 0 Å². The highest BCUT2D eigenvalue weighted by Crippen LogP contribution is 2.42. The summed E-state index contributed by atoms with van der Waals surface area (Å²) >= 11 is 0. The molecule has 0 amide bonds. The summed E-state index contributed by atoms with van der Waals surface area (Å²) in [7, 11) is 0. The second-order valence-corrected chi connectivity index (χ2v) is 9.70.